The summed E-state index contributed by atoms with van der Waals surface area (Å²) < 4.78 is 39.7. The third-order valence-corrected chi connectivity index (χ3v) is 20.5. The molecule has 0 aromatic carbocycles. The number of ether oxygens (including phenoxy) is 7. The van der Waals surface area contributed by atoms with E-state index in [1.807, 2.05) is 6.92 Å². The Labute approximate surface area is 575 Å². The average molecular weight is 1470 g/mol. The topological polar surface area (TPSA) is 689 Å². The van der Waals surface area contributed by atoms with Crippen LogP contribution >= 0.6 is 0 Å². The van der Waals surface area contributed by atoms with Gasteiger partial charge < -0.3 is 186 Å². The molecule has 32 atom stereocenters. The summed E-state index contributed by atoms with van der Waals surface area (Å²) in [4.78, 5) is 15.0. The fraction of sp³-hybridized carbons (Fsp3) is 0.919. The van der Waals surface area contributed by atoms with Crippen LogP contribution in [-0.2, 0) is 38.0 Å². The zero-order valence-corrected chi connectivity index (χ0v) is 55.8. The van der Waals surface area contributed by atoms with Gasteiger partial charge in [0.05, 0.1) is 54.2 Å². The minimum Gasteiger partial charge on any atom is -0.506 e. The number of fused-ring (bicyclic) bond motifs is 3. The molecule has 0 aromatic heterocycles. The lowest BCUT2D eigenvalue weighted by molar-refractivity contribution is -0.317. The molecule has 100 heavy (non-hydrogen) atoms. The van der Waals surface area contributed by atoms with Gasteiger partial charge in [-0.25, -0.2) is 0 Å². The minimum absolute atomic E-state index is 0.0169. The van der Waals surface area contributed by atoms with Crippen LogP contribution in [0.25, 0.3) is 0 Å². The second-order valence-electron chi connectivity index (χ2n) is 27.2. The highest BCUT2D eigenvalue weighted by Gasteiger charge is 2.69. The zero-order chi connectivity index (χ0) is 75.7. The highest BCUT2D eigenvalue weighted by molar-refractivity contribution is 5.77. The van der Waals surface area contributed by atoms with Crippen LogP contribution in [0.15, 0.2) is 23.7 Å². The molecule has 2 bridgehead atoms. The summed E-state index contributed by atoms with van der Waals surface area (Å²) >= 11 is 0. The molecule has 0 aromatic rings. The fourth-order valence-electron chi connectivity index (χ4n) is 14.9. The summed E-state index contributed by atoms with van der Waals surface area (Å²) in [5.41, 5.74) is -4.51. The lowest BCUT2D eigenvalue weighted by atomic mass is 9.41. The Morgan fingerprint density at radius 3 is 1.29 bits per heavy atom. The lowest BCUT2D eigenvalue weighted by Crippen LogP contribution is -2.61. The third-order valence-electron chi connectivity index (χ3n) is 20.5. The Morgan fingerprint density at radius 2 is 0.840 bits per heavy atom. The first-order valence-electron chi connectivity index (χ1n) is 33.4. The van der Waals surface area contributed by atoms with E-state index in [1.54, 1.807) is 6.92 Å². The summed E-state index contributed by atoms with van der Waals surface area (Å²) in [6.45, 7) is 2.48. The molecule has 4 saturated carbocycles. The predicted molar refractivity (Wildman–Crippen MR) is 331 cm³/mol. The number of carbonyl (C=O) groups excluding carboxylic acids is 1. The molecule has 30 N–H and O–H groups in total. The van der Waals surface area contributed by atoms with Gasteiger partial charge in [0.2, 0.25) is 12.6 Å². The SMILES string of the molecule is C=C1CC23CCC4[C@](C)(C(=O)OC(O)C(OC(O)C(O)C(O)C(O)CCO)C(OC(O)C(O)C(O)C(O)CCO)C(O)CCO)CCC[C@@]4(C)[C@@H]2CC[C@]1(OC(O)C(OC(O)/C(O)=C(\O)C(O)CCO)C(OC(O)C(O)C(O)C(O)CCO)C(O)CCOC(O)C(O)C(O)C(O)CCO)C3. The van der Waals surface area contributed by atoms with Crippen LogP contribution in [0.1, 0.15) is 117 Å². The Balaban J connectivity index is 1.76. The molecule has 38 heteroatoms. The van der Waals surface area contributed by atoms with Gasteiger partial charge in [-0.15, -0.1) is 0 Å². The molecule has 0 heterocycles. The number of esters is 1. The summed E-state index contributed by atoms with van der Waals surface area (Å²) in [6.07, 6.45) is -63.9. The van der Waals surface area contributed by atoms with E-state index in [0.717, 1.165) is 0 Å². The largest absolute Gasteiger partial charge is 0.506 e. The molecule has 0 saturated heterocycles. The van der Waals surface area contributed by atoms with Crippen LogP contribution in [0, 0.1) is 28.1 Å². The molecule has 38 nitrogen and oxygen atoms in total. The maximum atomic E-state index is 15.0. The van der Waals surface area contributed by atoms with Crippen LogP contribution in [-0.4, -0.2) is 371 Å². The first kappa shape index (κ1) is 89.6. The summed E-state index contributed by atoms with van der Waals surface area (Å²) in [7, 11) is 0. The van der Waals surface area contributed by atoms with E-state index in [1.165, 1.54) is 0 Å². The van der Waals surface area contributed by atoms with E-state index in [0.29, 0.717) is 18.4 Å². The van der Waals surface area contributed by atoms with Gasteiger partial charge >= 0.3 is 5.97 Å². The van der Waals surface area contributed by atoms with E-state index < -0.39 is 296 Å². The zero-order valence-electron chi connectivity index (χ0n) is 55.8. The second kappa shape index (κ2) is 40.2. The maximum Gasteiger partial charge on any atom is 0.314 e. The maximum absolute atomic E-state index is 15.0. The van der Waals surface area contributed by atoms with Gasteiger partial charge in [0.1, 0.15) is 73.2 Å². The summed E-state index contributed by atoms with van der Waals surface area (Å²) in [5.74, 6) is -5.09. The van der Waals surface area contributed by atoms with Gasteiger partial charge in [0.25, 0.3) is 0 Å². The van der Waals surface area contributed by atoms with Gasteiger partial charge in [0, 0.05) is 46.1 Å². The van der Waals surface area contributed by atoms with Crippen molar-refractivity contribution < 1.29 is 191 Å². The number of aliphatic hydroxyl groups excluding tert-OH is 30. The van der Waals surface area contributed by atoms with Gasteiger partial charge in [-0.1, -0.05) is 19.9 Å². The van der Waals surface area contributed by atoms with E-state index in [2.05, 4.69) is 6.58 Å². The van der Waals surface area contributed by atoms with Crippen LogP contribution in [0.3, 0.4) is 0 Å². The lowest BCUT2D eigenvalue weighted by Gasteiger charge is -2.64. The Hall–Kier alpha value is -2.81. The standard InChI is InChI=1S/C62H112O38/c1-27-25-61-16-5-35-59(2,14-4-15-60(35,3)58(93)99-56(91)49(97-54(89)45(84)40(79)31(72)10-21-66)47(33(74)12-23-68)95-52(87)43(82)38(77)29(70)8-19-64)36(61)6-17-62(27,26-61)100-57(92)50(98-55(90)46(85)41(80)32(73)11-22-67)48(96-53(88)44(83)39(78)30(71)9-20-65)34(75)13-24-94-51(86)42(81)37(76)28(69)7-18-63/h28-40,42-45,47-57,63-92H,1,4-26H2,2-3H3/b46-41+/t28?,29?,30?,31?,32?,33?,34?,35?,36-,37?,38?,39?,40?,42?,43?,44?,45?,47?,48?,49?,50?,51?,52?,53?,54?,55?,56?,57?,59+,60+,61?,62-/m0/s1. The molecule has 0 radical (unpaired) electrons. The monoisotopic (exact) mass is 1460 g/mol. The van der Waals surface area contributed by atoms with Crippen molar-refractivity contribution in [2.75, 3.05) is 46.2 Å². The smallest absolute Gasteiger partial charge is 0.314 e. The molecule has 0 aliphatic heterocycles. The van der Waals surface area contributed by atoms with Gasteiger partial charge in [0.15, 0.2) is 49.1 Å². The van der Waals surface area contributed by atoms with Crippen molar-refractivity contribution >= 4 is 5.97 Å². The molecule has 28 unspecified atom stereocenters. The van der Waals surface area contributed by atoms with Crippen molar-refractivity contribution in [3.8, 4) is 0 Å². The van der Waals surface area contributed by atoms with E-state index in [9.17, 15) is 148 Å². The first-order valence-corrected chi connectivity index (χ1v) is 33.4. The molecular formula is C62H112O38. The Kier molecular flexibility index (Phi) is 36.0. The first-order chi connectivity index (χ1) is 46.8. The van der Waals surface area contributed by atoms with Crippen LogP contribution in [0.2, 0.25) is 0 Å². The molecular weight excluding hydrogens is 1350 g/mol. The number of hydrogen-bond donors (Lipinski definition) is 30. The van der Waals surface area contributed by atoms with Crippen molar-refractivity contribution in [2.24, 2.45) is 28.1 Å². The van der Waals surface area contributed by atoms with Crippen LogP contribution in [0.4, 0.5) is 0 Å². The number of carbonyl (C=O) groups is 1. The Morgan fingerprint density at radius 1 is 0.440 bits per heavy atom. The Bertz CT molecular complexity index is 2440. The summed E-state index contributed by atoms with van der Waals surface area (Å²) in [6, 6.07) is 0. The highest BCUT2D eigenvalue weighted by Crippen LogP contribution is 2.73. The fourth-order valence-corrected chi connectivity index (χ4v) is 14.9. The number of rotatable bonds is 48. The van der Waals surface area contributed by atoms with Crippen molar-refractivity contribution in [2.45, 2.75) is 282 Å². The van der Waals surface area contributed by atoms with E-state index in [4.69, 9.17) is 38.3 Å². The van der Waals surface area contributed by atoms with Crippen LogP contribution < -0.4 is 0 Å². The number of aliphatic hydroxyl groups is 30. The third kappa shape index (κ3) is 21.7. The molecule has 588 valence electrons. The molecule has 4 aliphatic rings. The predicted octanol–water partition coefficient (Wildman–Crippen LogP) is -10.2. The van der Waals surface area contributed by atoms with Crippen molar-refractivity contribution in [1.29, 1.82) is 0 Å². The number of hydrogen-bond acceptors (Lipinski definition) is 38. The minimum atomic E-state index is -2.86. The van der Waals surface area contributed by atoms with E-state index >= 15 is 4.79 Å². The molecule has 0 amide bonds. The second-order valence-corrected chi connectivity index (χ2v) is 27.2. The quantitative estimate of drug-likeness (QED) is 0.0116. The molecule has 4 fully saturated rings. The highest BCUT2D eigenvalue weighted by atomic mass is 16.7. The average Bonchev–Trinajstić information content (AvgIpc) is 1.44. The van der Waals surface area contributed by atoms with Gasteiger partial charge in [-0.05, 0) is 125 Å². The molecule has 4 rings (SSSR count). The van der Waals surface area contributed by atoms with Crippen molar-refractivity contribution in [3.05, 3.63) is 23.7 Å². The summed E-state index contributed by atoms with van der Waals surface area (Å²) in [5, 5.41) is 318. The van der Waals surface area contributed by atoms with E-state index in [-0.39, 0.29) is 50.9 Å². The van der Waals surface area contributed by atoms with Gasteiger partial charge in [-0.3, -0.25) is 4.79 Å². The van der Waals surface area contributed by atoms with Crippen molar-refractivity contribution in [1.82, 2.24) is 0 Å². The normalized spacial score (nSPS) is 30.8. The molecule has 1 spiro atoms. The molecule has 4 aliphatic carbocycles. The van der Waals surface area contributed by atoms with Crippen molar-refractivity contribution in [3.63, 3.8) is 0 Å². The van der Waals surface area contributed by atoms with Crippen LogP contribution in [0.5, 0.6) is 0 Å². The van der Waals surface area contributed by atoms with Gasteiger partial charge in [-0.2, -0.15) is 0 Å².